The van der Waals surface area contributed by atoms with Crippen molar-refractivity contribution in [2.75, 3.05) is 0 Å². The van der Waals surface area contributed by atoms with E-state index < -0.39 is 0 Å². The predicted octanol–water partition coefficient (Wildman–Crippen LogP) is 3.17. The molecule has 21 heavy (non-hydrogen) atoms. The maximum Gasteiger partial charge on any atom is 0.240 e. The van der Waals surface area contributed by atoms with Crippen molar-refractivity contribution < 1.29 is 4.52 Å². The molecule has 1 aromatic carbocycles. The van der Waals surface area contributed by atoms with Crippen molar-refractivity contribution in [1.82, 2.24) is 20.4 Å². The van der Waals surface area contributed by atoms with Crippen LogP contribution in [0.25, 0.3) is 22.3 Å². The van der Waals surface area contributed by atoms with Crippen molar-refractivity contribution >= 4 is 10.9 Å². The van der Waals surface area contributed by atoms with Crippen LogP contribution in [0.4, 0.5) is 0 Å². The molecule has 108 valence electrons. The summed E-state index contributed by atoms with van der Waals surface area (Å²) in [5, 5.41) is 8.46. The summed E-state index contributed by atoms with van der Waals surface area (Å²) in [6.45, 7) is 4.87. The Morgan fingerprint density at radius 1 is 1.29 bits per heavy atom. The van der Waals surface area contributed by atoms with Crippen LogP contribution in [0, 0.1) is 0 Å². The molecular weight excluding hydrogens is 264 g/mol. The Hall–Kier alpha value is -2.27. The Morgan fingerprint density at radius 3 is 3.05 bits per heavy atom. The second kappa shape index (κ2) is 6.01. The van der Waals surface area contributed by atoms with Crippen LogP contribution in [0.3, 0.4) is 0 Å². The summed E-state index contributed by atoms with van der Waals surface area (Å²) in [6, 6.07) is 10.3. The fourth-order valence-corrected chi connectivity index (χ4v) is 2.06. The SMILES string of the molecule is CCC(C)NCc1nc(-c2ccc3ncccc3c2)no1. The molecule has 0 saturated carbocycles. The summed E-state index contributed by atoms with van der Waals surface area (Å²) in [5.74, 6) is 1.22. The molecule has 0 aliphatic rings. The van der Waals surface area contributed by atoms with Gasteiger partial charge >= 0.3 is 0 Å². The fourth-order valence-electron chi connectivity index (χ4n) is 2.06. The lowest BCUT2D eigenvalue weighted by Gasteiger charge is -2.07. The highest BCUT2D eigenvalue weighted by Crippen LogP contribution is 2.21. The first-order chi connectivity index (χ1) is 10.3. The molecule has 0 bridgehead atoms. The average molecular weight is 282 g/mol. The molecule has 0 aliphatic heterocycles. The largest absolute Gasteiger partial charge is 0.338 e. The smallest absolute Gasteiger partial charge is 0.240 e. The number of rotatable bonds is 5. The molecule has 0 aliphatic carbocycles. The quantitative estimate of drug-likeness (QED) is 0.778. The van der Waals surface area contributed by atoms with Gasteiger partial charge in [-0.2, -0.15) is 4.98 Å². The molecule has 0 amide bonds. The highest BCUT2D eigenvalue weighted by Gasteiger charge is 2.10. The Bertz CT molecular complexity index is 738. The topological polar surface area (TPSA) is 63.8 Å². The zero-order chi connectivity index (χ0) is 14.7. The number of nitrogens with zero attached hydrogens (tertiary/aromatic N) is 3. The summed E-state index contributed by atoms with van der Waals surface area (Å²) in [4.78, 5) is 8.74. The van der Waals surface area contributed by atoms with Gasteiger partial charge < -0.3 is 9.84 Å². The molecule has 1 unspecified atom stereocenters. The third-order valence-corrected chi connectivity index (χ3v) is 3.54. The number of fused-ring (bicyclic) bond motifs is 1. The minimum atomic E-state index is 0.437. The van der Waals surface area contributed by atoms with Gasteiger partial charge in [0.25, 0.3) is 0 Å². The van der Waals surface area contributed by atoms with Gasteiger partial charge in [0.2, 0.25) is 11.7 Å². The zero-order valence-corrected chi connectivity index (χ0v) is 12.2. The van der Waals surface area contributed by atoms with E-state index in [-0.39, 0.29) is 0 Å². The van der Waals surface area contributed by atoms with E-state index in [1.165, 1.54) is 0 Å². The van der Waals surface area contributed by atoms with Crippen LogP contribution in [-0.2, 0) is 6.54 Å². The Balaban J connectivity index is 1.81. The minimum Gasteiger partial charge on any atom is -0.338 e. The molecule has 5 heteroatoms. The van der Waals surface area contributed by atoms with Crippen LogP contribution in [-0.4, -0.2) is 21.2 Å². The molecule has 2 aromatic heterocycles. The van der Waals surface area contributed by atoms with Crippen molar-refractivity contribution in [2.24, 2.45) is 0 Å². The standard InChI is InChI=1S/C16H18N4O/c1-3-11(2)18-10-15-19-16(20-21-15)13-6-7-14-12(9-13)5-4-8-17-14/h4-9,11,18H,3,10H2,1-2H3. The predicted molar refractivity (Wildman–Crippen MR) is 81.6 cm³/mol. The van der Waals surface area contributed by atoms with Gasteiger partial charge in [0.1, 0.15) is 0 Å². The van der Waals surface area contributed by atoms with Crippen LogP contribution >= 0.6 is 0 Å². The van der Waals surface area contributed by atoms with Crippen molar-refractivity contribution in [3.8, 4) is 11.4 Å². The lowest BCUT2D eigenvalue weighted by atomic mass is 10.1. The second-order valence-corrected chi connectivity index (χ2v) is 5.11. The van der Waals surface area contributed by atoms with E-state index >= 15 is 0 Å². The highest BCUT2D eigenvalue weighted by molar-refractivity contribution is 5.82. The van der Waals surface area contributed by atoms with Crippen LogP contribution in [0.5, 0.6) is 0 Å². The summed E-state index contributed by atoms with van der Waals surface area (Å²) >= 11 is 0. The Labute approximate surface area is 123 Å². The summed E-state index contributed by atoms with van der Waals surface area (Å²) in [5.41, 5.74) is 1.90. The van der Waals surface area contributed by atoms with Gasteiger partial charge in [-0.3, -0.25) is 4.98 Å². The molecule has 0 spiro atoms. The summed E-state index contributed by atoms with van der Waals surface area (Å²) in [7, 11) is 0. The third-order valence-electron chi connectivity index (χ3n) is 3.54. The van der Waals surface area contributed by atoms with E-state index in [4.69, 9.17) is 4.52 Å². The van der Waals surface area contributed by atoms with Crippen molar-refractivity contribution in [3.05, 3.63) is 42.4 Å². The maximum atomic E-state index is 5.29. The van der Waals surface area contributed by atoms with Gasteiger partial charge in [-0.25, -0.2) is 0 Å². The van der Waals surface area contributed by atoms with Crippen molar-refractivity contribution in [2.45, 2.75) is 32.9 Å². The minimum absolute atomic E-state index is 0.437. The van der Waals surface area contributed by atoms with Crippen LogP contribution in [0.2, 0.25) is 0 Å². The number of aromatic nitrogens is 3. The molecule has 1 atom stereocenters. The molecule has 0 fully saturated rings. The molecule has 5 nitrogen and oxygen atoms in total. The molecule has 1 N–H and O–H groups in total. The zero-order valence-electron chi connectivity index (χ0n) is 12.2. The van der Waals surface area contributed by atoms with Gasteiger partial charge in [0, 0.05) is 23.2 Å². The number of pyridine rings is 1. The third kappa shape index (κ3) is 3.08. The van der Waals surface area contributed by atoms with Gasteiger partial charge in [0.15, 0.2) is 0 Å². The van der Waals surface area contributed by atoms with Gasteiger partial charge in [-0.15, -0.1) is 0 Å². The number of benzene rings is 1. The van der Waals surface area contributed by atoms with Crippen molar-refractivity contribution in [3.63, 3.8) is 0 Å². The summed E-state index contributed by atoms with van der Waals surface area (Å²) in [6.07, 6.45) is 2.85. The fraction of sp³-hybridized carbons (Fsp3) is 0.312. The number of hydrogen-bond donors (Lipinski definition) is 1. The van der Waals surface area contributed by atoms with Gasteiger partial charge in [-0.1, -0.05) is 18.1 Å². The normalized spacial score (nSPS) is 12.7. The molecule has 3 aromatic rings. The van der Waals surface area contributed by atoms with E-state index in [0.29, 0.717) is 24.3 Å². The number of hydrogen-bond acceptors (Lipinski definition) is 5. The molecule has 3 rings (SSSR count). The molecule has 0 saturated heterocycles. The van der Waals surface area contributed by atoms with E-state index in [0.717, 1.165) is 22.9 Å². The average Bonchev–Trinajstić information content (AvgIpc) is 3.01. The van der Waals surface area contributed by atoms with E-state index in [9.17, 15) is 0 Å². The van der Waals surface area contributed by atoms with Crippen LogP contribution in [0.15, 0.2) is 41.1 Å². The lowest BCUT2D eigenvalue weighted by molar-refractivity contribution is 0.358. The van der Waals surface area contributed by atoms with Crippen molar-refractivity contribution in [1.29, 1.82) is 0 Å². The molecule has 2 heterocycles. The number of nitrogens with one attached hydrogen (secondary N) is 1. The van der Waals surface area contributed by atoms with E-state index in [1.54, 1.807) is 6.20 Å². The Kier molecular flexibility index (Phi) is 3.92. The van der Waals surface area contributed by atoms with E-state index in [2.05, 4.69) is 34.3 Å². The van der Waals surface area contributed by atoms with Crippen LogP contribution < -0.4 is 5.32 Å². The Morgan fingerprint density at radius 2 is 2.19 bits per heavy atom. The first kappa shape index (κ1) is 13.7. The van der Waals surface area contributed by atoms with Gasteiger partial charge in [-0.05, 0) is 37.6 Å². The lowest BCUT2D eigenvalue weighted by Crippen LogP contribution is -2.24. The molecular formula is C16H18N4O. The first-order valence-corrected chi connectivity index (χ1v) is 7.17. The second-order valence-electron chi connectivity index (χ2n) is 5.11. The molecule has 0 radical (unpaired) electrons. The first-order valence-electron chi connectivity index (χ1n) is 7.17. The maximum absolute atomic E-state index is 5.29. The monoisotopic (exact) mass is 282 g/mol. The summed E-state index contributed by atoms with van der Waals surface area (Å²) < 4.78 is 5.29. The highest BCUT2D eigenvalue weighted by atomic mass is 16.5. The van der Waals surface area contributed by atoms with Crippen LogP contribution in [0.1, 0.15) is 26.2 Å². The van der Waals surface area contributed by atoms with Gasteiger partial charge in [0.05, 0.1) is 12.1 Å². The van der Waals surface area contributed by atoms with E-state index in [1.807, 2.05) is 30.3 Å².